The second-order valence-corrected chi connectivity index (χ2v) is 5.71. The number of hydrogen-bond donors (Lipinski definition) is 2. The zero-order valence-electron chi connectivity index (χ0n) is 12.4. The van der Waals surface area contributed by atoms with Crippen LogP contribution in [0.3, 0.4) is 0 Å². The molecule has 0 spiro atoms. The van der Waals surface area contributed by atoms with Crippen molar-refractivity contribution in [2.75, 3.05) is 38.1 Å². The van der Waals surface area contributed by atoms with E-state index >= 15 is 0 Å². The first-order valence-corrected chi connectivity index (χ1v) is 7.75. The third-order valence-electron chi connectivity index (χ3n) is 3.57. The molecule has 7 heteroatoms. The Hall–Kier alpha value is -1.21. The van der Waals surface area contributed by atoms with E-state index in [1.807, 2.05) is 0 Å². The van der Waals surface area contributed by atoms with Crippen LogP contribution >= 0.6 is 11.6 Å². The fourth-order valence-corrected chi connectivity index (χ4v) is 2.58. The molecule has 1 aliphatic rings. The number of nitrogens with zero attached hydrogens (tertiary/aromatic N) is 1. The molecule has 1 aliphatic heterocycles. The molecule has 122 valence electrons. The highest BCUT2D eigenvalue weighted by atomic mass is 35.5. The molecular weight excluding hydrogens is 309 g/mol. The predicted molar refractivity (Wildman–Crippen MR) is 84.5 cm³/mol. The normalized spacial score (nSPS) is 19.1. The zero-order chi connectivity index (χ0) is 15.9. The first-order valence-electron chi connectivity index (χ1n) is 7.37. The molecule has 0 aromatic heterocycles. The van der Waals surface area contributed by atoms with E-state index in [1.54, 1.807) is 0 Å². The van der Waals surface area contributed by atoms with E-state index in [0.29, 0.717) is 31.8 Å². The van der Waals surface area contributed by atoms with Gasteiger partial charge >= 0.3 is 0 Å². The topological polar surface area (TPSA) is 67.6 Å². The molecule has 1 atom stereocenters. The van der Waals surface area contributed by atoms with Crippen LogP contribution in [0.5, 0.6) is 0 Å². The van der Waals surface area contributed by atoms with Gasteiger partial charge in [-0.25, -0.2) is 4.39 Å². The number of nitrogens with one attached hydrogen (secondary N) is 1. The molecular formula is C15H21ClFN3O2. The number of nitrogens with two attached hydrogens (primary N) is 1. The monoisotopic (exact) mass is 329 g/mol. The highest BCUT2D eigenvalue weighted by Crippen LogP contribution is 2.19. The van der Waals surface area contributed by atoms with Crippen LogP contribution in [0.2, 0.25) is 5.02 Å². The smallest absolute Gasteiger partial charge is 0.225 e. The Morgan fingerprint density at radius 3 is 3.09 bits per heavy atom. The van der Waals surface area contributed by atoms with Gasteiger partial charge in [0.1, 0.15) is 5.82 Å². The number of carbonyl (C=O) groups excluding carboxylic acids is 1. The van der Waals surface area contributed by atoms with E-state index in [2.05, 4.69) is 10.2 Å². The molecule has 1 aromatic carbocycles. The highest BCUT2D eigenvalue weighted by molar-refractivity contribution is 6.31. The summed E-state index contributed by atoms with van der Waals surface area (Å²) in [6.07, 6.45) is 1.35. The lowest BCUT2D eigenvalue weighted by molar-refractivity contribution is -0.117. The van der Waals surface area contributed by atoms with Gasteiger partial charge in [-0.3, -0.25) is 9.69 Å². The van der Waals surface area contributed by atoms with Crippen LogP contribution in [0.15, 0.2) is 18.2 Å². The lowest BCUT2D eigenvalue weighted by Crippen LogP contribution is -2.44. The van der Waals surface area contributed by atoms with Crippen molar-refractivity contribution in [3.63, 3.8) is 0 Å². The van der Waals surface area contributed by atoms with E-state index in [4.69, 9.17) is 22.1 Å². The lowest BCUT2D eigenvalue weighted by atomic mass is 10.2. The number of halogens is 2. The van der Waals surface area contributed by atoms with E-state index in [1.165, 1.54) is 18.2 Å². The van der Waals surface area contributed by atoms with Gasteiger partial charge in [0, 0.05) is 31.7 Å². The summed E-state index contributed by atoms with van der Waals surface area (Å²) in [6, 6.07) is 4.13. The number of ether oxygens (including phenoxy) is 1. The summed E-state index contributed by atoms with van der Waals surface area (Å²) in [6.45, 7) is 3.54. The van der Waals surface area contributed by atoms with Gasteiger partial charge in [0.2, 0.25) is 5.91 Å². The Labute approximate surface area is 134 Å². The van der Waals surface area contributed by atoms with Gasteiger partial charge in [-0.1, -0.05) is 11.6 Å². The van der Waals surface area contributed by atoms with Gasteiger partial charge < -0.3 is 15.8 Å². The quantitative estimate of drug-likeness (QED) is 0.836. The summed E-state index contributed by atoms with van der Waals surface area (Å²) in [7, 11) is 0. The van der Waals surface area contributed by atoms with E-state index in [-0.39, 0.29) is 17.0 Å². The van der Waals surface area contributed by atoms with Gasteiger partial charge in [-0.15, -0.1) is 0 Å². The van der Waals surface area contributed by atoms with Gasteiger partial charge in [0.05, 0.1) is 17.7 Å². The Balaban J connectivity index is 1.76. The number of hydrogen-bond acceptors (Lipinski definition) is 4. The van der Waals surface area contributed by atoms with E-state index in [0.717, 1.165) is 19.5 Å². The second kappa shape index (κ2) is 8.43. The van der Waals surface area contributed by atoms with E-state index < -0.39 is 5.82 Å². The van der Waals surface area contributed by atoms with Crippen molar-refractivity contribution in [3.8, 4) is 0 Å². The van der Waals surface area contributed by atoms with Gasteiger partial charge in [0.25, 0.3) is 0 Å². The largest absolute Gasteiger partial charge is 0.376 e. The zero-order valence-corrected chi connectivity index (χ0v) is 13.1. The molecule has 1 unspecified atom stereocenters. The lowest BCUT2D eigenvalue weighted by Gasteiger charge is -2.32. The fourth-order valence-electron chi connectivity index (χ4n) is 2.40. The summed E-state index contributed by atoms with van der Waals surface area (Å²) >= 11 is 5.68. The summed E-state index contributed by atoms with van der Waals surface area (Å²) in [5, 5.41) is 2.71. The van der Waals surface area contributed by atoms with Crippen LogP contribution in [0.1, 0.15) is 12.8 Å². The minimum Gasteiger partial charge on any atom is -0.376 e. The molecule has 1 amide bonds. The Morgan fingerprint density at radius 2 is 2.36 bits per heavy atom. The van der Waals surface area contributed by atoms with Crippen LogP contribution < -0.4 is 11.1 Å². The van der Waals surface area contributed by atoms with Crippen LogP contribution in [-0.4, -0.2) is 49.7 Å². The maximum absolute atomic E-state index is 13.1. The minimum atomic E-state index is -0.501. The molecule has 0 saturated carbocycles. The second-order valence-electron chi connectivity index (χ2n) is 5.30. The highest BCUT2D eigenvalue weighted by Gasteiger charge is 2.20. The number of carbonyl (C=O) groups is 1. The van der Waals surface area contributed by atoms with Crippen molar-refractivity contribution >= 4 is 23.2 Å². The van der Waals surface area contributed by atoms with Crippen LogP contribution in [0.4, 0.5) is 10.1 Å². The standard InChI is InChI=1S/C15H21ClFN3O2/c16-13-9-11(1-2-14(13)17)19-15(21)4-6-20-7-8-22-12(10-20)3-5-18/h1-2,9,12H,3-8,10,18H2,(H,19,21). The van der Waals surface area contributed by atoms with Gasteiger partial charge in [-0.05, 0) is 31.2 Å². The van der Waals surface area contributed by atoms with Crippen LogP contribution in [0, 0.1) is 5.82 Å². The summed E-state index contributed by atoms with van der Waals surface area (Å²) < 4.78 is 18.7. The SMILES string of the molecule is NCCC1CN(CCC(=O)Nc2ccc(F)c(Cl)c2)CCO1. The van der Waals surface area contributed by atoms with Crippen molar-refractivity contribution in [2.24, 2.45) is 5.73 Å². The van der Waals surface area contributed by atoms with E-state index in [9.17, 15) is 9.18 Å². The molecule has 1 aromatic rings. The van der Waals surface area contributed by atoms with Crippen LogP contribution in [-0.2, 0) is 9.53 Å². The van der Waals surface area contributed by atoms with Crippen molar-refractivity contribution in [3.05, 3.63) is 29.0 Å². The third-order valence-corrected chi connectivity index (χ3v) is 3.86. The molecule has 3 N–H and O–H groups in total. The fraction of sp³-hybridized carbons (Fsp3) is 0.533. The number of benzene rings is 1. The van der Waals surface area contributed by atoms with Gasteiger partial charge in [-0.2, -0.15) is 0 Å². The Bertz CT molecular complexity index is 514. The Kier molecular flexibility index (Phi) is 6.57. The number of rotatable bonds is 6. The minimum absolute atomic E-state index is 0.00407. The van der Waals surface area contributed by atoms with Crippen molar-refractivity contribution in [1.29, 1.82) is 0 Å². The molecule has 1 heterocycles. The first-order chi connectivity index (χ1) is 10.6. The summed E-state index contributed by atoms with van der Waals surface area (Å²) in [5.41, 5.74) is 6.04. The molecule has 0 bridgehead atoms. The maximum atomic E-state index is 13.1. The van der Waals surface area contributed by atoms with Crippen LogP contribution in [0.25, 0.3) is 0 Å². The molecule has 2 rings (SSSR count). The van der Waals surface area contributed by atoms with Crippen molar-refractivity contribution < 1.29 is 13.9 Å². The van der Waals surface area contributed by atoms with Gasteiger partial charge in [0.15, 0.2) is 0 Å². The number of anilines is 1. The van der Waals surface area contributed by atoms with Crippen molar-refractivity contribution in [2.45, 2.75) is 18.9 Å². The molecule has 1 saturated heterocycles. The average Bonchev–Trinajstić information content (AvgIpc) is 2.50. The molecule has 0 aliphatic carbocycles. The third kappa shape index (κ3) is 5.21. The maximum Gasteiger partial charge on any atom is 0.225 e. The van der Waals surface area contributed by atoms with Crippen molar-refractivity contribution in [1.82, 2.24) is 4.90 Å². The molecule has 22 heavy (non-hydrogen) atoms. The summed E-state index contributed by atoms with van der Waals surface area (Å²) in [4.78, 5) is 14.1. The number of amides is 1. The Morgan fingerprint density at radius 1 is 1.55 bits per heavy atom. The average molecular weight is 330 g/mol. The first kappa shape index (κ1) is 17.1. The summed E-state index contributed by atoms with van der Waals surface area (Å²) in [5.74, 6) is -0.622. The molecule has 0 radical (unpaired) electrons. The number of morpholine rings is 1. The molecule has 5 nitrogen and oxygen atoms in total. The predicted octanol–water partition coefficient (Wildman–Crippen LogP) is 1.86. The molecule has 1 fully saturated rings.